The van der Waals surface area contributed by atoms with Crippen molar-refractivity contribution < 1.29 is 4.42 Å². The van der Waals surface area contributed by atoms with Crippen LogP contribution in [0, 0.1) is 5.92 Å². The summed E-state index contributed by atoms with van der Waals surface area (Å²) in [5, 5.41) is 0. The first kappa shape index (κ1) is 6.92. The smallest absolute Gasteiger partial charge is 0.106 e. The van der Waals surface area contributed by atoms with E-state index in [9.17, 15) is 0 Å². The van der Waals surface area contributed by atoms with Gasteiger partial charge in [0.2, 0.25) is 0 Å². The molecule has 1 aliphatic rings. The fourth-order valence-electron chi connectivity index (χ4n) is 1.72. The molecule has 1 aliphatic carbocycles. The second-order valence-electron chi connectivity index (χ2n) is 3.21. The molecule has 11 heavy (non-hydrogen) atoms. The predicted octanol–water partition coefficient (Wildman–Crippen LogP) is 1.34. The SMILES string of the molecule is NCC1CCc2occc2C1. The van der Waals surface area contributed by atoms with E-state index < -0.39 is 0 Å². The molecule has 0 fully saturated rings. The van der Waals surface area contributed by atoms with Gasteiger partial charge in [-0.1, -0.05) is 0 Å². The molecule has 2 nitrogen and oxygen atoms in total. The van der Waals surface area contributed by atoms with E-state index in [0.29, 0.717) is 5.92 Å². The first-order valence-corrected chi connectivity index (χ1v) is 4.15. The minimum atomic E-state index is 0.681. The van der Waals surface area contributed by atoms with Crippen LogP contribution < -0.4 is 5.73 Å². The zero-order valence-electron chi connectivity index (χ0n) is 6.55. The molecule has 2 rings (SSSR count). The predicted molar refractivity (Wildman–Crippen MR) is 43.3 cm³/mol. The van der Waals surface area contributed by atoms with Crippen LogP contribution in [0.25, 0.3) is 0 Å². The van der Waals surface area contributed by atoms with E-state index in [2.05, 4.69) is 6.07 Å². The van der Waals surface area contributed by atoms with Crippen LogP contribution in [0.2, 0.25) is 0 Å². The Hall–Kier alpha value is -0.760. The lowest BCUT2D eigenvalue weighted by molar-refractivity contribution is 0.410. The Balaban J connectivity index is 2.18. The van der Waals surface area contributed by atoms with Gasteiger partial charge >= 0.3 is 0 Å². The summed E-state index contributed by atoms with van der Waals surface area (Å²) < 4.78 is 5.31. The van der Waals surface area contributed by atoms with Crippen LogP contribution >= 0.6 is 0 Å². The number of furan rings is 1. The summed E-state index contributed by atoms with van der Waals surface area (Å²) in [5.74, 6) is 1.86. The van der Waals surface area contributed by atoms with Gasteiger partial charge in [-0.3, -0.25) is 0 Å². The molecule has 2 heteroatoms. The fraction of sp³-hybridized carbons (Fsp3) is 0.556. The molecule has 0 radical (unpaired) electrons. The normalized spacial score (nSPS) is 23.2. The molecular formula is C9H13NO. The zero-order valence-corrected chi connectivity index (χ0v) is 6.55. The molecule has 1 heterocycles. The first-order chi connectivity index (χ1) is 5.40. The van der Waals surface area contributed by atoms with Crippen molar-refractivity contribution in [1.82, 2.24) is 0 Å². The summed E-state index contributed by atoms with van der Waals surface area (Å²) in [7, 11) is 0. The largest absolute Gasteiger partial charge is 0.469 e. The van der Waals surface area contributed by atoms with E-state index in [0.717, 1.165) is 19.4 Å². The Morgan fingerprint density at radius 1 is 1.64 bits per heavy atom. The highest BCUT2D eigenvalue weighted by atomic mass is 16.3. The van der Waals surface area contributed by atoms with Crippen molar-refractivity contribution >= 4 is 0 Å². The summed E-state index contributed by atoms with van der Waals surface area (Å²) in [5.41, 5.74) is 6.97. The van der Waals surface area contributed by atoms with Crippen molar-refractivity contribution in [2.45, 2.75) is 19.3 Å². The van der Waals surface area contributed by atoms with E-state index >= 15 is 0 Å². The Morgan fingerprint density at radius 2 is 2.55 bits per heavy atom. The lowest BCUT2D eigenvalue weighted by atomic mass is 9.88. The van der Waals surface area contributed by atoms with E-state index in [-0.39, 0.29) is 0 Å². The molecule has 2 N–H and O–H groups in total. The monoisotopic (exact) mass is 151 g/mol. The molecule has 1 unspecified atom stereocenters. The van der Waals surface area contributed by atoms with E-state index in [1.807, 2.05) is 0 Å². The minimum absolute atomic E-state index is 0.681. The van der Waals surface area contributed by atoms with Crippen molar-refractivity contribution in [1.29, 1.82) is 0 Å². The minimum Gasteiger partial charge on any atom is -0.469 e. The van der Waals surface area contributed by atoms with Gasteiger partial charge in [-0.15, -0.1) is 0 Å². The van der Waals surface area contributed by atoms with Crippen molar-refractivity contribution in [3.8, 4) is 0 Å². The molecule has 0 saturated heterocycles. The third-order valence-corrected chi connectivity index (χ3v) is 2.46. The molecule has 0 spiro atoms. The van der Waals surface area contributed by atoms with Crippen molar-refractivity contribution in [3.63, 3.8) is 0 Å². The molecular weight excluding hydrogens is 138 g/mol. The topological polar surface area (TPSA) is 39.2 Å². The Labute approximate surface area is 66.4 Å². The molecule has 1 aromatic heterocycles. The molecule has 0 amide bonds. The summed E-state index contributed by atoms with van der Waals surface area (Å²) in [4.78, 5) is 0. The number of aryl methyl sites for hydroxylation is 1. The van der Waals surface area contributed by atoms with E-state index in [1.165, 1.54) is 17.7 Å². The number of nitrogens with two attached hydrogens (primary N) is 1. The Kier molecular flexibility index (Phi) is 1.70. The standard InChI is InChI=1S/C9H13NO/c10-6-7-1-2-9-8(5-7)3-4-11-9/h3-4,7H,1-2,5-6,10H2. The van der Waals surface area contributed by atoms with Crippen LogP contribution in [0.15, 0.2) is 16.7 Å². The number of hydrogen-bond donors (Lipinski definition) is 1. The van der Waals surface area contributed by atoms with Crippen molar-refractivity contribution in [3.05, 3.63) is 23.7 Å². The number of rotatable bonds is 1. The zero-order chi connectivity index (χ0) is 7.68. The van der Waals surface area contributed by atoms with Crippen LogP contribution in [0.3, 0.4) is 0 Å². The van der Waals surface area contributed by atoms with Gasteiger partial charge in [0.25, 0.3) is 0 Å². The van der Waals surface area contributed by atoms with Crippen molar-refractivity contribution in [2.75, 3.05) is 6.54 Å². The second kappa shape index (κ2) is 2.70. The van der Waals surface area contributed by atoms with Crippen LogP contribution in [0.1, 0.15) is 17.7 Å². The van der Waals surface area contributed by atoms with Gasteiger partial charge in [0.15, 0.2) is 0 Å². The summed E-state index contributed by atoms with van der Waals surface area (Å²) >= 11 is 0. The third-order valence-electron chi connectivity index (χ3n) is 2.46. The molecule has 60 valence electrons. The summed E-state index contributed by atoms with van der Waals surface area (Å²) in [6.45, 7) is 0.810. The highest BCUT2D eigenvalue weighted by molar-refractivity contribution is 5.20. The molecule has 0 bridgehead atoms. The van der Waals surface area contributed by atoms with E-state index in [4.69, 9.17) is 10.2 Å². The average molecular weight is 151 g/mol. The van der Waals surface area contributed by atoms with Crippen LogP contribution in [-0.4, -0.2) is 6.54 Å². The van der Waals surface area contributed by atoms with Gasteiger partial charge in [0, 0.05) is 6.42 Å². The maximum absolute atomic E-state index is 5.60. The average Bonchev–Trinajstić information content (AvgIpc) is 2.50. The highest BCUT2D eigenvalue weighted by Crippen LogP contribution is 2.25. The van der Waals surface area contributed by atoms with Crippen LogP contribution in [0.4, 0.5) is 0 Å². The fourth-order valence-corrected chi connectivity index (χ4v) is 1.72. The van der Waals surface area contributed by atoms with Gasteiger partial charge in [0.1, 0.15) is 5.76 Å². The maximum Gasteiger partial charge on any atom is 0.106 e. The third kappa shape index (κ3) is 1.18. The lowest BCUT2D eigenvalue weighted by Gasteiger charge is -2.18. The quantitative estimate of drug-likeness (QED) is 0.658. The van der Waals surface area contributed by atoms with Gasteiger partial charge in [-0.2, -0.15) is 0 Å². The second-order valence-corrected chi connectivity index (χ2v) is 3.21. The molecule has 1 aromatic rings. The molecule has 0 aliphatic heterocycles. The molecule has 1 atom stereocenters. The number of hydrogen-bond acceptors (Lipinski definition) is 2. The molecule has 0 aromatic carbocycles. The Morgan fingerprint density at radius 3 is 3.36 bits per heavy atom. The van der Waals surface area contributed by atoms with E-state index in [1.54, 1.807) is 6.26 Å². The maximum atomic E-state index is 5.60. The van der Waals surface area contributed by atoms with Crippen LogP contribution in [0.5, 0.6) is 0 Å². The van der Waals surface area contributed by atoms with Gasteiger partial charge in [-0.25, -0.2) is 0 Å². The lowest BCUT2D eigenvalue weighted by Crippen LogP contribution is -2.21. The summed E-state index contributed by atoms with van der Waals surface area (Å²) in [6.07, 6.45) is 5.16. The van der Waals surface area contributed by atoms with Crippen molar-refractivity contribution in [2.24, 2.45) is 11.7 Å². The number of fused-ring (bicyclic) bond motifs is 1. The molecule has 0 saturated carbocycles. The Bertz CT molecular complexity index is 241. The van der Waals surface area contributed by atoms with Gasteiger partial charge < -0.3 is 10.2 Å². The van der Waals surface area contributed by atoms with Gasteiger partial charge in [0.05, 0.1) is 6.26 Å². The van der Waals surface area contributed by atoms with Gasteiger partial charge in [-0.05, 0) is 36.9 Å². The highest BCUT2D eigenvalue weighted by Gasteiger charge is 2.18. The van der Waals surface area contributed by atoms with Crippen LogP contribution in [-0.2, 0) is 12.8 Å². The summed E-state index contributed by atoms with van der Waals surface area (Å²) in [6, 6.07) is 2.07. The first-order valence-electron chi connectivity index (χ1n) is 4.15.